The van der Waals surface area contributed by atoms with Gasteiger partial charge in [0.15, 0.2) is 0 Å². The van der Waals surface area contributed by atoms with E-state index in [-0.39, 0.29) is 0 Å². The van der Waals surface area contributed by atoms with E-state index in [1.165, 1.54) is 11.1 Å². The van der Waals surface area contributed by atoms with E-state index in [0.717, 1.165) is 37.3 Å². The van der Waals surface area contributed by atoms with Crippen LogP contribution < -0.4 is 4.74 Å². The first-order chi connectivity index (χ1) is 9.19. The highest BCUT2D eigenvalue weighted by Crippen LogP contribution is 2.18. The van der Waals surface area contributed by atoms with E-state index in [9.17, 15) is 0 Å². The molecular weight excluding hydrogens is 238 g/mol. The zero-order chi connectivity index (χ0) is 13.7. The standard InChI is InChI=1S/C15H21N3O/c1-4-9-19-15-8-6-13(12(2)10-15)5-7-14-11-18(3)17-16-14/h6,8,10-11H,4-5,7,9H2,1-3H3. The summed E-state index contributed by atoms with van der Waals surface area (Å²) in [4.78, 5) is 0. The first-order valence-electron chi connectivity index (χ1n) is 6.76. The summed E-state index contributed by atoms with van der Waals surface area (Å²) in [6.45, 7) is 5.02. The maximum atomic E-state index is 5.63. The Balaban J connectivity index is 1.96. The second-order valence-corrected chi connectivity index (χ2v) is 4.82. The molecule has 2 aromatic rings. The molecule has 0 saturated heterocycles. The maximum absolute atomic E-state index is 5.63. The zero-order valence-corrected chi connectivity index (χ0v) is 11.9. The second kappa shape index (κ2) is 6.36. The third kappa shape index (κ3) is 3.81. The molecule has 19 heavy (non-hydrogen) atoms. The van der Waals surface area contributed by atoms with Crippen molar-refractivity contribution in [2.75, 3.05) is 6.61 Å². The van der Waals surface area contributed by atoms with Crippen LogP contribution in [0.1, 0.15) is 30.2 Å². The monoisotopic (exact) mass is 259 g/mol. The van der Waals surface area contributed by atoms with Crippen LogP contribution in [0.4, 0.5) is 0 Å². The molecule has 0 N–H and O–H groups in total. The highest BCUT2D eigenvalue weighted by atomic mass is 16.5. The van der Waals surface area contributed by atoms with Gasteiger partial charge in [-0.15, -0.1) is 5.10 Å². The highest BCUT2D eigenvalue weighted by Gasteiger charge is 2.04. The highest BCUT2D eigenvalue weighted by molar-refractivity contribution is 5.35. The van der Waals surface area contributed by atoms with Crippen molar-refractivity contribution in [2.45, 2.75) is 33.1 Å². The second-order valence-electron chi connectivity index (χ2n) is 4.82. The fourth-order valence-corrected chi connectivity index (χ4v) is 2.03. The van der Waals surface area contributed by atoms with Gasteiger partial charge in [0.1, 0.15) is 5.75 Å². The average Bonchev–Trinajstić information content (AvgIpc) is 2.81. The van der Waals surface area contributed by atoms with Crippen LogP contribution in [0.25, 0.3) is 0 Å². The van der Waals surface area contributed by atoms with E-state index in [1.807, 2.05) is 13.2 Å². The van der Waals surface area contributed by atoms with Crippen LogP contribution in [-0.2, 0) is 19.9 Å². The minimum absolute atomic E-state index is 0.776. The molecule has 0 aliphatic heterocycles. The maximum Gasteiger partial charge on any atom is 0.119 e. The van der Waals surface area contributed by atoms with Crippen LogP contribution in [0.15, 0.2) is 24.4 Å². The molecule has 0 saturated carbocycles. The lowest BCUT2D eigenvalue weighted by Gasteiger charge is -2.09. The number of ether oxygens (including phenoxy) is 1. The van der Waals surface area contributed by atoms with Gasteiger partial charge in [0.2, 0.25) is 0 Å². The number of hydrogen-bond donors (Lipinski definition) is 0. The summed E-state index contributed by atoms with van der Waals surface area (Å²) in [7, 11) is 1.89. The molecule has 0 spiro atoms. The molecular formula is C15H21N3O. The molecule has 0 bridgehead atoms. The zero-order valence-electron chi connectivity index (χ0n) is 11.9. The van der Waals surface area contributed by atoms with Crippen LogP contribution in [-0.4, -0.2) is 21.6 Å². The average molecular weight is 259 g/mol. The van der Waals surface area contributed by atoms with Crippen molar-refractivity contribution in [3.8, 4) is 5.75 Å². The van der Waals surface area contributed by atoms with Crippen molar-refractivity contribution in [2.24, 2.45) is 7.05 Å². The Morgan fingerprint density at radius 2 is 2.11 bits per heavy atom. The van der Waals surface area contributed by atoms with E-state index >= 15 is 0 Å². The van der Waals surface area contributed by atoms with Crippen molar-refractivity contribution < 1.29 is 4.74 Å². The molecule has 1 heterocycles. The Hall–Kier alpha value is -1.84. The number of aromatic nitrogens is 3. The number of rotatable bonds is 6. The van der Waals surface area contributed by atoms with Gasteiger partial charge in [-0.1, -0.05) is 18.2 Å². The SMILES string of the molecule is CCCOc1ccc(CCc2cn(C)nn2)c(C)c1. The van der Waals surface area contributed by atoms with Crippen LogP contribution in [0.2, 0.25) is 0 Å². The fourth-order valence-electron chi connectivity index (χ4n) is 2.03. The Bertz CT molecular complexity index is 534. The molecule has 102 valence electrons. The molecule has 1 aromatic heterocycles. The Morgan fingerprint density at radius 3 is 2.74 bits per heavy atom. The lowest BCUT2D eigenvalue weighted by molar-refractivity contribution is 0.317. The smallest absolute Gasteiger partial charge is 0.119 e. The third-order valence-electron chi connectivity index (χ3n) is 3.09. The first-order valence-corrected chi connectivity index (χ1v) is 6.76. The van der Waals surface area contributed by atoms with Gasteiger partial charge in [-0.2, -0.15) is 0 Å². The molecule has 4 heteroatoms. The van der Waals surface area contributed by atoms with Gasteiger partial charge in [-0.3, -0.25) is 4.68 Å². The number of benzene rings is 1. The number of aryl methyl sites for hydroxylation is 4. The largest absolute Gasteiger partial charge is 0.494 e. The van der Waals surface area contributed by atoms with Gasteiger partial charge in [-0.05, 0) is 49.4 Å². The molecule has 1 aromatic carbocycles. The first kappa shape index (κ1) is 13.6. The van der Waals surface area contributed by atoms with Gasteiger partial charge in [0, 0.05) is 13.2 Å². The van der Waals surface area contributed by atoms with Crippen molar-refractivity contribution in [1.82, 2.24) is 15.0 Å². The fraction of sp³-hybridized carbons (Fsp3) is 0.467. The summed E-state index contributed by atoms with van der Waals surface area (Å²) in [6, 6.07) is 6.31. The summed E-state index contributed by atoms with van der Waals surface area (Å²) < 4.78 is 7.37. The lowest BCUT2D eigenvalue weighted by atomic mass is 10.0. The Labute approximate surface area is 114 Å². The number of nitrogens with zero attached hydrogens (tertiary/aromatic N) is 3. The van der Waals surface area contributed by atoms with Crippen molar-refractivity contribution >= 4 is 0 Å². The summed E-state index contributed by atoms with van der Waals surface area (Å²) in [6.07, 6.45) is 4.91. The predicted molar refractivity (Wildman–Crippen MR) is 75.4 cm³/mol. The van der Waals surface area contributed by atoms with Crippen molar-refractivity contribution in [3.63, 3.8) is 0 Å². The van der Waals surface area contributed by atoms with Gasteiger partial charge in [0.25, 0.3) is 0 Å². The topological polar surface area (TPSA) is 39.9 Å². The molecule has 0 amide bonds. The van der Waals surface area contributed by atoms with Crippen molar-refractivity contribution in [3.05, 3.63) is 41.2 Å². The Morgan fingerprint density at radius 1 is 1.26 bits per heavy atom. The molecule has 0 fully saturated rings. The molecule has 2 rings (SSSR count). The lowest BCUT2D eigenvalue weighted by Crippen LogP contribution is -1.98. The minimum Gasteiger partial charge on any atom is -0.494 e. The normalized spacial score (nSPS) is 10.7. The minimum atomic E-state index is 0.776. The van der Waals surface area contributed by atoms with E-state index in [0.29, 0.717) is 0 Å². The third-order valence-corrected chi connectivity index (χ3v) is 3.09. The van der Waals surface area contributed by atoms with E-state index in [2.05, 4.69) is 42.4 Å². The summed E-state index contributed by atoms with van der Waals surface area (Å²) in [5.41, 5.74) is 3.65. The van der Waals surface area contributed by atoms with Gasteiger partial charge < -0.3 is 4.74 Å². The Kier molecular flexibility index (Phi) is 4.55. The van der Waals surface area contributed by atoms with Crippen LogP contribution >= 0.6 is 0 Å². The summed E-state index contributed by atoms with van der Waals surface area (Å²) >= 11 is 0. The van der Waals surface area contributed by atoms with Gasteiger partial charge in [0.05, 0.1) is 12.3 Å². The predicted octanol–water partition coefficient (Wildman–Crippen LogP) is 2.70. The van der Waals surface area contributed by atoms with Gasteiger partial charge >= 0.3 is 0 Å². The molecule has 0 radical (unpaired) electrons. The molecule has 4 nitrogen and oxygen atoms in total. The van der Waals surface area contributed by atoms with Gasteiger partial charge in [-0.25, -0.2) is 0 Å². The van der Waals surface area contributed by atoms with Crippen LogP contribution in [0, 0.1) is 6.92 Å². The molecule has 0 atom stereocenters. The van der Waals surface area contributed by atoms with E-state index in [1.54, 1.807) is 4.68 Å². The summed E-state index contributed by atoms with van der Waals surface area (Å²) in [5.74, 6) is 0.961. The number of hydrogen-bond acceptors (Lipinski definition) is 3. The van der Waals surface area contributed by atoms with Crippen LogP contribution in [0.5, 0.6) is 5.75 Å². The van der Waals surface area contributed by atoms with E-state index in [4.69, 9.17) is 4.74 Å². The molecule has 0 unspecified atom stereocenters. The van der Waals surface area contributed by atoms with E-state index < -0.39 is 0 Å². The molecule has 0 aliphatic carbocycles. The summed E-state index contributed by atoms with van der Waals surface area (Å²) in [5, 5.41) is 8.05. The quantitative estimate of drug-likeness (QED) is 0.800. The van der Waals surface area contributed by atoms with Crippen molar-refractivity contribution in [1.29, 1.82) is 0 Å². The van der Waals surface area contributed by atoms with Crippen LogP contribution in [0.3, 0.4) is 0 Å². The molecule has 0 aliphatic rings.